The Morgan fingerprint density at radius 3 is 2.77 bits per heavy atom. The van der Waals surface area contributed by atoms with Gasteiger partial charge in [-0.2, -0.15) is 0 Å². The second-order valence-electron chi connectivity index (χ2n) is 5.99. The molecule has 3 heterocycles. The number of aromatic nitrogens is 4. The van der Waals surface area contributed by atoms with E-state index in [2.05, 4.69) is 27.4 Å². The number of rotatable bonds is 3. The van der Waals surface area contributed by atoms with Crippen molar-refractivity contribution in [1.82, 2.24) is 19.4 Å². The summed E-state index contributed by atoms with van der Waals surface area (Å²) in [6.07, 6.45) is 7.40. The first-order chi connectivity index (χ1) is 12.8. The van der Waals surface area contributed by atoms with Crippen LogP contribution in [0.25, 0.3) is 27.8 Å². The lowest BCUT2D eigenvalue weighted by Crippen LogP contribution is -1.96. The van der Waals surface area contributed by atoms with Gasteiger partial charge in [0.15, 0.2) is 5.65 Å². The maximum absolute atomic E-state index is 6.01. The molecule has 26 heavy (non-hydrogen) atoms. The molecular formula is C20H14ClN5. The Balaban J connectivity index is 1.73. The molecule has 5 aromatic rings. The molecule has 0 fully saturated rings. The minimum Gasteiger partial charge on any atom is -0.360 e. The first-order valence-corrected chi connectivity index (χ1v) is 8.58. The molecule has 0 radical (unpaired) electrons. The van der Waals surface area contributed by atoms with Crippen LogP contribution in [0.1, 0.15) is 0 Å². The van der Waals surface area contributed by atoms with E-state index in [-0.39, 0.29) is 0 Å². The van der Waals surface area contributed by atoms with Gasteiger partial charge in [0, 0.05) is 45.8 Å². The van der Waals surface area contributed by atoms with Gasteiger partial charge in [0.1, 0.15) is 11.5 Å². The highest BCUT2D eigenvalue weighted by molar-refractivity contribution is 6.30. The average Bonchev–Trinajstić information content (AvgIpc) is 3.25. The second-order valence-corrected chi connectivity index (χ2v) is 6.43. The standard InChI is InChI=1S/C20H14ClN5/c21-13-5-7-14(8-6-13)24-20-19(25-18-12-22-9-10-26(18)20)16-11-23-17-4-2-1-3-15(16)17/h1-12,23-24H. The van der Waals surface area contributed by atoms with E-state index in [1.54, 1.807) is 12.4 Å². The largest absolute Gasteiger partial charge is 0.360 e. The summed E-state index contributed by atoms with van der Waals surface area (Å²) in [6.45, 7) is 0. The maximum atomic E-state index is 6.01. The lowest BCUT2D eigenvalue weighted by molar-refractivity contribution is 1.13. The average molecular weight is 360 g/mol. The van der Waals surface area contributed by atoms with Crippen molar-refractivity contribution in [2.75, 3.05) is 5.32 Å². The van der Waals surface area contributed by atoms with Crippen LogP contribution >= 0.6 is 11.6 Å². The fraction of sp³-hybridized carbons (Fsp3) is 0. The van der Waals surface area contributed by atoms with E-state index in [1.807, 2.05) is 53.2 Å². The second kappa shape index (κ2) is 5.89. The number of benzene rings is 2. The summed E-state index contributed by atoms with van der Waals surface area (Å²) in [5.41, 5.74) is 4.71. The molecule has 0 aliphatic carbocycles. The molecule has 0 saturated heterocycles. The molecular weight excluding hydrogens is 346 g/mol. The van der Waals surface area contributed by atoms with Crippen LogP contribution in [-0.4, -0.2) is 19.4 Å². The van der Waals surface area contributed by atoms with Crippen LogP contribution in [0.15, 0.2) is 73.3 Å². The van der Waals surface area contributed by atoms with Gasteiger partial charge in [-0.1, -0.05) is 29.8 Å². The molecule has 0 atom stereocenters. The minimum absolute atomic E-state index is 0.703. The van der Waals surface area contributed by atoms with E-state index < -0.39 is 0 Å². The molecule has 0 amide bonds. The molecule has 0 spiro atoms. The van der Waals surface area contributed by atoms with Crippen molar-refractivity contribution in [3.8, 4) is 11.3 Å². The smallest absolute Gasteiger partial charge is 0.157 e. The zero-order valence-corrected chi connectivity index (χ0v) is 14.4. The molecule has 6 heteroatoms. The van der Waals surface area contributed by atoms with E-state index in [4.69, 9.17) is 16.6 Å². The molecule has 0 aliphatic heterocycles. The molecule has 126 valence electrons. The molecule has 2 N–H and O–H groups in total. The number of nitrogens with zero attached hydrogens (tertiary/aromatic N) is 3. The van der Waals surface area contributed by atoms with Crippen LogP contribution in [-0.2, 0) is 0 Å². The van der Waals surface area contributed by atoms with Gasteiger partial charge < -0.3 is 10.3 Å². The Hall–Kier alpha value is -3.31. The number of fused-ring (bicyclic) bond motifs is 2. The van der Waals surface area contributed by atoms with Crippen molar-refractivity contribution in [3.05, 3.63) is 78.3 Å². The zero-order chi connectivity index (χ0) is 17.5. The van der Waals surface area contributed by atoms with Gasteiger partial charge in [0.2, 0.25) is 0 Å². The molecule has 0 bridgehead atoms. The van der Waals surface area contributed by atoms with E-state index in [9.17, 15) is 0 Å². The molecule has 5 nitrogen and oxygen atoms in total. The number of halogens is 1. The monoisotopic (exact) mass is 359 g/mol. The molecule has 5 rings (SSSR count). The Kier molecular flexibility index (Phi) is 3.40. The first kappa shape index (κ1) is 15.0. The number of aromatic amines is 1. The molecule has 0 unspecified atom stereocenters. The van der Waals surface area contributed by atoms with E-state index in [1.165, 1.54) is 0 Å². The molecule has 2 aromatic carbocycles. The minimum atomic E-state index is 0.703. The summed E-state index contributed by atoms with van der Waals surface area (Å²) in [4.78, 5) is 12.3. The van der Waals surface area contributed by atoms with Crippen LogP contribution in [0.5, 0.6) is 0 Å². The predicted molar refractivity (Wildman–Crippen MR) is 105 cm³/mol. The van der Waals surface area contributed by atoms with Crippen LogP contribution in [0.4, 0.5) is 11.5 Å². The van der Waals surface area contributed by atoms with Gasteiger partial charge in [-0.05, 0) is 30.3 Å². The topological polar surface area (TPSA) is 58.0 Å². The predicted octanol–water partition coefficient (Wildman–Crippen LogP) is 5.27. The third kappa shape index (κ3) is 2.41. The SMILES string of the molecule is Clc1ccc(Nc2c(-c3c[nH]c4ccccc34)nc3cnccn23)cc1. The Bertz CT molecular complexity index is 1220. The van der Waals surface area contributed by atoms with E-state index >= 15 is 0 Å². The van der Waals surface area contributed by atoms with E-state index in [0.29, 0.717) is 5.02 Å². The third-order valence-corrected chi connectivity index (χ3v) is 4.63. The van der Waals surface area contributed by atoms with Gasteiger partial charge >= 0.3 is 0 Å². The number of hydrogen-bond acceptors (Lipinski definition) is 3. The zero-order valence-electron chi connectivity index (χ0n) is 13.6. The molecule has 0 saturated carbocycles. The van der Waals surface area contributed by atoms with Crippen molar-refractivity contribution in [2.45, 2.75) is 0 Å². The van der Waals surface area contributed by atoms with Crippen molar-refractivity contribution >= 4 is 39.7 Å². The number of para-hydroxylation sites is 1. The van der Waals surface area contributed by atoms with Crippen LogP contribution in [0.3, 0.4) is 0 Å². The van der Waals surface area contributed by atoms with Crippen LogP contribution in [0.2, 0.25) is 5.02 Å². The number of H-pyrrole nitrogens is 1. The fourth-order valence-electron chi connectivity index (χ4n) is 3.15. The summed E-state index contributed by atoms with van der Waals surface area (Å²) >= 11 is 6.01. The van der Waals surface area contributed by atoms with E-state index in [0.717, 1.165) is 39.3 Å². The van der Waals surface area contributed by atoms with Crippen molar-refractivity contribution in [1.29, 1.82) is 0 Å². The van der Waals surface area contributed by atoms with Crippen molar-refractivity contribution < 1.29 is 0 Å². The van der Waals surface area contributed by atoms with Gasteiger partial charge in [-0.25, -0.2) is 4.98 Å². The highest BCUT2D eigenvalue weighted by atomic mass is 35.5. The van der Waals surface area contributed by atoms with Crippen molar-refractivity contribution in [2.24, 2.45) is 0 Å². The highest BCUT2D eigenvalue weighted by Gasteiger charge is 2.17. The van der Waals surface area contributed by atoms with Crippen LogP contribution < -0.4 is 5.32 Å². The first-order valence-electron chi connectivity index (χ1n) is 8.21. The van der Waals surface area contributed by atoms with Gasteiger partial charge in [0.25, 0.3) is 0 Å². The van der Waals surface area contributed by atoms with Gasteiger partial charge in [-0.15, -0.1) is 0 Å². The lowest BCUT2D eigenvalue weighted by atomic mass is 10.1. The number of hydrogen-bond donors (Lipinski definition) is 2. The van der Waals surface area contributed by atoms with Gasteiger partial charge in [0.05, 0.1) is 6.20 Å². The maximum Gasteiger partial charge on any atom is 0.157 e. The fourth-order valence-corrected chi connectivity index (χ4v) is 3.28. The Labute approximate surface area is 154 Å². The Morgan fingerprint density at radius 2 is 1.88 bits per heavy atom. The summed E-state index contributed by atoms with van der Waals surface area (Å²) in [6, 6.07) is 15.8. The lowest BCUT2D eigenvalue weighted by Gasteiger charge is -2.08. The Morgan fingerprint density at radius 1 is 1.04 bits per heavy atom. The highest BCUT2D eigenvalue weighted by Crippen LogP contribution is 2.35. The molecule has 0 aliphatic rings. The van der Waals surface area contributed by atoms with Gasteiger partial charge in [-0.3, -0.25) is 9.38 Å². The number of nitrogens with one attached hydrogen (secondary N) is 2. The third-order valence-electron chi connectivity index (χ3n) is 4.38. The number of imidazole rings is 1. The van der Waals surface area contributed by atoms with Crippen LogP contribution in [0, 0.1) is 0 Å². The van der Waals surface area contributed by atoms with Crippen molar-refractivity contribution in [3.63, 3.8) is 0 Å². The summed E-state index contributed by atoms with van der Waals surface area (Å²) in [5.74, 6) is 0.884. The molecule has 3 aromatic heterocycles. The summed E-state index contributed by atoms with van der Waals surface area (Å²) in [5, 5.41) is 5.31. The summed E-state index contributed by atoms with van der Waals surface area (Å²) < 4.78 is 2.00. The normalized spacial score (nSPS) is 11.3. The summed E-state index contributed by atoms with van der Waals surface area (Å²) in [7, 11) is 0. The quantitative estimate of drug-likeness (QED) is 0.461. The number of anilines is 2.